The highest BCUT2D eigenvalue weighted by molar-refractivity contribution is 5.96. The average molecular weight is 276 g/mol. The Balaban J connectivity index is 2.81. The molecule has 0 saturated carbocycles. The standard InChI is InChI=1S/C16H20O4/c1-4-19-15(17)14(16(18)20-5-2)11-12(3)13-9-7-6-8-10-13/h6-10,14H,3-5,11H2,1-2H3. The summed E-state index contributed by atoms with van der Waals surface area (Å²) in [6, 6.07) is 9.42. The Kier molecular flexibility index (Phi) is 6.50. The van der Waals surface area contributed by atoms with E-state index in [1.165, 1.54) is 0 Å². The van der Waals surface area contributed by atoms with Crippen molar-refractivity contribution in [3.05, 3.63) is 42.5 Å². The Hall–Kier alpha value is -2.10. The van der Waals surface area contributed by atoms with Crippen LogP contribution in [-0.4, -0.2) is 25.2 Å². The number of esters is 2. The summed E-state index contributed by atoms with van der Waals surface area (Å²) in [4.78, 5) is 23.7. The van der Waals surface area contributed by atoms with E-state index in [0.717, 1.165) is 5.56 Å². The van der Waals surface area contributed by atoms with Crippen molar-refractivity contribution in [1.29, 1.82) is 0 Å². The van der Waals surface area contributed by atoms with E-state index in [-0.39, 0.29) is 19.6 Å². The molecule has 0 aliphatic rings. The minimum absolute atomic E-state index is 0.196. The molecular formula is C16H20O4. The topological polar surface area (TPSA) is 52.6 Å². The van der Waals surface area contributed by atoms with Crippen LogP contribution in [-0.2, 0) is 19.1 Å². The van der Waals surface area contributed by atoms with Crippen LogP contribution in [0.5, 0.6) is 0 Å². The van der Waals surface area contributed by atoms with Gasteiger partial charge in [-0.25, -0.2) is 0 Å². The molecule has 1 aromatic carbocycles. The van der Waals surface area contributed by atoms with Crippen molar-refractivity contribution in [3.8, 4) is 0 Å². The summed E-state index contributed by atoms with van der Waals surface area (Å²) in [6.45, 7) is 7.79. The fourth-order valence-electron chi connectivity index (χ4n) is 1.79. The lowest BCUT2D eigenvalue weighted by molar-refractivity contribution is -0.161. The minimum Gasteiger partial charge on any atom is -0.465 e. The van der Waals surface area contributed by atoms with Gasteiger partial charge in [-0.15, -0.1) is 0 Å². The first-order chi connectivity index (χ1) is 9.60. The first kappa shape index (κ1) is 16.0. The Morgan fingerprint density at radius 2 is 1.55 bits per heavy atom. The highest BCUT2D eigenvalue weighted by atomic mass is 16.6. The molecule has 0 saturated heterocycles. The fourth-order valence-corrected chi connectivity index (χ4v) is 1.79. The van der Waals surface area contributed by atoms with Crippen molar-refractivity contribution in [3.63, 3.8) is 0 Å². The quantitative estimate of drug-likeness (QED) is 0.567. The Bertz CT molecular complexity index is 447. The predicted octanol–water partition coefficient (Wildman–Crippen LogP) is 2.83. The molecular weight excluding hydrogens is 256 g/mol. The zero-order valence-corrected chi connectivity index (χ0v) is 11.9. The Morgan fingerprint density at radius 3 is 2.00 bits per heavy atom. The second-order valence-corrected chi connectivity index (χ2v) is 4.23. The Labute approximate surface area is 119 Å². The number of ether oxygens (including phenoxy) is 2. The third kappa shape index (κ3) is 4.53. The molecule has 20 heavy (non-hydrogen) atoms. The van der Waals surface area contributed by atoms with Crippen molar-refractivity contribution in [2.45, 2.75) is 20.3 Å². The molecule has 0 aliphatic carbocycles. The molecule has 108 valence electrons. The number of allylic oxidation sites excluding steroid dienone is 1. The fraction of sp³-hybridized carbons (Fsp3) is 0.375. The smallest absolute Gasteiger partial charge is 0.320 e. The molecule has 0 heterocycles. The van der Waals surface area contributed by atoms with Crippen molar-refractivity contribution < 1.29 is 19.1 Å². The van der Waals surface area contributed by atoms with Crippen molar-refractivity contribution in [2.24, 2.45) is 5.92 Å². The van der Waals surface area contributed by atoms with Gasteiger partial charge in [0.05, 0.1) is 13.2 Å². The molecule has 0 aromatic heterocycles. The molecule has 0 aliphatic heterocycles. The van der Waals surface area contributed by atoms with Gasteiger partial charge in [-0.1, -0.05) is 36.9 Å². The van der Waals surface area contributed by atoms with E-state index in [4.69, 9.17) is 9.47 Å². The van der Waals surface area contributed by atoms with Crippen LogP contribution in [0.25, 0.3) is 5.57 Å². The molecule has 0 bridgehead atoms. The third-order valence-electron chi connectivity index (χ3n) is 2.77. The van der Waals surface area contributed by atoms with Gasteiger partial charge < -0.3 is 9.47 Å². The maximum absolute atomic E-state index is 11.9. The molecule has 0 amide bonds. The second kappa shape index (κ2) is 8.15. The highest BCUT2D eigenvalue weighted by Gasteiger charge is 2.30. The normalized spacial score (nSPS) is 10.2. The monoisotopic (exact) mass is 276 g/mol. The van der Waals surface area contributed by atoms with E-state index < -0.39 is 17.9 Å². The van der Waals surface area contributed by atoms with Gasteiger partial charge >= 0.3 is 11.9 Å². The summed E-state index contributed by atoms with van der Waals surface area (Å²) in [6.07, 6.45) is 0.196. The van der Waals surface area contributed by atoms with Gasteiger partial charge in [-0.05, 0) is 31.4 Å². The molecule has 0 spiro atoms. The maximum atomic E-state index is 11.9. The van der Waals surface area contributed by atoms with Gasteiger partial charge in [0.1, 0.15) is 0 Å². The zero-order chi connectivity index (χ0) is 15.0. The lowest BCUT2D eigenvalue weighted by atomic mass is 9.95. The summed E-state index contributed by atoms with van der Waals surface area (Å²) < 4.78 is 9.85. The van der Waals surface area contributed by atoms with Gasteiger partial charge in [0.2, 0.25) is 0 Å². The van der Waals surface area contributed by atoms with E-state index >= 15 is 0 Å². The van der Waals surface area contributed by atoms with Crippen molar-refractivity contribution >= 4 is 17.5 Å². The first-order valence-electron chi connectivity index (χ1n) is 6.66. The number of carbonyl (C=O) groups excluding carboxylic acids is 2. The van der Waals surface area contributed by atoms with Crippen LogP contribution in [0.3, 0.4) is 0 Å². The molecule has 0 fully saturated rings. The van der Waals surface area contributed by atoms with E-state index in [0.29, 0.717) is 5.57 Å². The lowest BCUT2D eigenvalue weighted by Crippen LogP contribution is -2.28. The maximum Gasteiger partial charge on any atom is 0.320 e. The summed E-state index contributed by atoms with van der Waals surface area (Å²) in [7, 11) is 0. The molecule has 1 rings (SSSR count). The van der Waals surface area contributed by atoms with E-state index in [1.807, 2.05) is 30.3 Å². The van der Waals surface area contributed by atoms with Gasteiger partial charge in [0.15, 0.2) is 5.92 Å². The molecule has 0 unspecified atom stereocenters. The second-order valence-electron chi connectivity index (χ2n) is 4.23. The molecule has 0 N–H and O–H groups in total. The average Bonchev–Trinajstić information content (AvgIpc) is 2.45. The van der Waals surface area contributed by atoms with E-state index in [1.54, 1.807) is 13.8 Å². The van der Waals surface area contributed by atoms with Crippen LogP contribution in [0.2, 0.25) is 0 Å². The van der Waals surface area contributed by atoms with Crippen LogP contribution in [0.15, 0.2) is 36.9 Å². The van der Waals surface area contributed by atoms with Crippen molar-refractivity contribution in [2.75, 3.05) is 13.2 Å². The molecule has 4 nitrogen and oxygen atoms in total. The van der Waals surface area contributed by atoms with Crippen LogP contribution in [0, 0.1) is 5.92 Å². The SMILES string of the molecule is C=C(CC(C(=O)OCC)C(=O)OCC)c1ccccc1. The summed E-state index contributed by atoms with van der Waals surface area (Å²) >= 11 is 0. The van der Waals surface area contributed by atoms with Crippen molar-refractivity contribution in [1.82, 2.24) is 0 Å². The third-order valence-corrected chi connectivity index (χ3v) is 2.77. The number of carbonyl (C=O) groups is 2. The molecule has 0 atom stereocenters. The summed E-state index contributed by atoms with van der Waals surface area (Å²) in [5.41, 5.74) is 1.60. The summed E-state index contributed by atoms with van der Waals surface area (Å²) in [5, 5.41) is 0. The number of benzene rings is 1. The van der Waals surface area contributed by atoms with Gasteiger partial charge in [-0.2, -0.15) is 0 Å². The van der Waals surface area contributed by atoms with Crippen LogP contribution < -0.4 is 0 Å². The molecule has 4 heteroatoms. The minimum atomic E-state index is -0.956. The lowest BCUT2D eigenvalue weighted by Gasteiger charge is -2.15. The summed E-state index contributed by atoms with van der Waals surface area (Å²) in [5.74, 6) is -2.09. The largest absolute Gasteiger partial charge is 0.465 e. The van der Waals surface area contributed by atoms with Crippen LogP contribution in [0.4, 0.5) is 0 Å². The predicted molar refractivity (Wildman–Crippen MR) is 76.8 cm³/mol. The number of rotatable bonds is 7. The highest BCUT2D eigenvalue weighted by Crippen LogP contribution is 2.22. The van der Waals surface area contributed by atoms with Crippen LogP contribution >= 0.6 is 0 Å². The molecule has 0 radical (unpaired) electrons. The van der Waals surface area contributed by atoms with Crippen LogP contribution in [0.1, 0.15) is 25.8 Å². The van der Waals surface area contributed by atoms with Gasteiger partial charge in [0.25, 0.3) is 0 Å². The van der Waals surface area contributed by atoms with E-state index in [9.17, 15) is 9.59 Å². The Morgan fingerprint density at radius 1 is 1.05 bits per heavy atom. The first-order valence-corrected chi connectivity index (χ1v) is 6.66. The van der Waals surface area contributed by atoms with E-state index in [2.05, 4.69) is 6.58 Å². The van der Waals surface area contributed by atoms with Gasteiger partial charge in [-0.3, -0.25) is 9.59 Å². The molecule has 1 aromatic rings. The zero-order valence-electron chi connectivity index (χ0n) is 11.9. The number of hydrogen-bond donors (Lipinski definition) is 0. The number of hydrogen-bond acceptors (Lipinski definition) is 4. The van der Waals surface area contributed by atoms with Gasteiger partial charge in [0, 0.05) is 0 Å².